The van der Waals surface area contributed by atoms with Gasteiger partial charge in [-0.15, -0.1) is 11.6 Å². The minimum absolute atomic E-state index is 0.00813. The molecular weight excluding hydrogens is 490 g/mol. The number of ether oxygens (including phenoxy) is 2. The molecule has 2 aliphatic heterocycles. The van der Waals surface area contributed by atoms with Crippen molar-refractivity contribution in [2.24, 2.45) is 0 Å². The van der Waals surface area contributed by atoms with Gasteiger partial charge >= 0.3 is 0 Å². The molecule has 3 aromatic rings. The van der Waals surface area contributed by atoms with Crippen molar-refractivity contribution in [3.05, 3.63) is 87.0 Å². The van der Waals surface area contributed by atoms with Gasteiger partial charge in [-0.05, 0) is 35.2 Å². The normalized spacial score (nSPS) is 17.1. The molecule has 0 radical (unpaired) electrons. The summed E-state index contributed by atoms with van der Waals surface area (Å²) in [6.07, 6.45) is 0.784. The first kappa shape index (κ1) is 25.1. The van der Waals surface area contributed by atoms with Crippen LogP contribution in [0.4, 0.5) is 17.1 Å². The maximum Gasteiger partial charge on any atom is 0.270 e. The van der Waals surface area contributed by atoms with Gasteiger partial charge in [0, 0.05) is 35.1 Å². The number of amides is 1. The highest BCUT2D eigenvalue weighted by Gasteiger charge is 2.37. The Balaban J connectivity index is 1.49. The number of halogens is 1. The number of fused-ring (bicyclic) bond motifs is 4. The fourth-order valence-electron chi connectivity index (χ4n) is 4.97. The monoisotopic (exact) mass is 515 g/mol. The molecule has 0 saturated carbocycles. The molecule has 0 aromatic heterocycles. The number of carbonyl (C=O) groups is 1. The Hall–Kier alpha value is -3.59. The number of nitrogens with one attached hydrogen (secondary N) is 1. The maximum atomic E-state index is 13.7. The van der Waals surface area contributed by atoms with Crippen LogP contribution >= 0.6 is 11.6 Å². The van der Waals surface area contributed by atoms with Crippen LogP contribution in [0.1, 0.15) is 33.1 Å². The molecule has 3 aromatic carbocycles. The fourth-order valence-corrected chi connectivity index (χ4v) is 5.08. The highest BCUT2D eigenvalue weighted by atomic mass is 35.5. The second-order valence-corrected chi connectivity index (χ2v) is 10.8. The molecule has 1 unspecified atom stereocenters. The third-order valence-electron chi connectivity index (χ3n) is 6.96. The third-order valence-corrected chi connectivity index (χ3v) is 7.18. The number of para-hydroxylation sites is 1. The van der Waals surface area contributed by atoms with E-state index in [9.17, 15) is 14.9 Å². The Kier molecular flexibility index (Phi) is 6.35. The lowest BCUT2D eigenvalue weighted by atomic mass is 9.65. The molecule has 2 atom stereocenters. The first-order valence-corrected chi connectivity index (χ1v) is 12.5. The smallest absolute Gasteiger partial charge is 0.270 e. The van der Waals surface area contributed by atoms with Gasteiger partial charge in [0.1, 0.15) is 15.7 Å². The molecule has 5 rings (SSSR count). The van der Waals surface area contributed by atoms with E-state index in [2.05, 4.69) is 11.4 Å². The van der Waals surface area contributed by atoms with Crippen LogP contribution in [0.5, 0.6) is 11.5 Å². The number of methoxy groups -OCH3 is 1. The lowest BCUT2D eigenvalue weighted by Crippen LogP contribution is -2.39. The Morgan fingerprint density at radius 1 is 1.19 bits per heavy atom. The van der Waals surface area contributed by atoms with Crippen molar-refractivity contribution in [3.8, 4) is 11.5 Å². The Morgan fingerprint density at radius 2 is 1.95 bits per heavy atom. The standard InChI is InChI=1S/C25H25B3ClN3O5/c1-36-21-10-18-19(30-12-17-7-13-4-2-3-5-20(13)31(17)24(18)33)11-22(21)37-23(26)14-6-15(25(27,28)29)9-16(8-14)32(34)35/h2-6,8-11,17,23,30H,7,12,26-28H2,1H3/t17-,23?/m0/s1. The highest BCUT2D eigenvalue weighted by Crippen LogP contribution is 2.41. The minimum Gasteiger partial charge on any atom is -0.493 e. The van der Waals surface area contributed by atoms with Crippen LogP contribution in [0.2, 0.25) is 0 Å². The Bertz CT molecular complexity index is 1410. The summed E-state index contributed by atoms with van der Waals surface area (Å²) in [5, 5.41) is 15.0. The van der Waals surface area contributed by atoms with Crippen molar-refractivity contribution in [1.29, 1.82) is 0 Å². The first-order valence-electron chi connectivity index (χ1n) is 12.1. The van der Waals surface area contributed by atoms with Gasteiger partial charge in [-0.25, -0.2) is 0 Å². The van der Waals surface area contributed by atoms with Crippen molar-refractivity contribution < 1.29 is 19.2 Å². The predicted octanol–water partition coefficient (Wildman–Crippen LogP) is 1.93. The lowest BCUT2D eigenvalue weighted by molar-refractivity contribution is -0.385. The topological polar surface area (TPSA) is 93.9 Å². The van der Waals surface area contributed by atoms with E-state index in [4.69, 9.17) is 21.1 Å². The minimum atomic E-state index is -0.793. The number of anilines is 2. The number of nitro groups is 1. The molecule has 0 fully saturated rings. The molecule has 0 saturated heterocycles. The van der Waals surface area contributed by atoms with Crippen LogP contribution in [-0.2, 0) is 11.1 Å². The van der Waals surface area contributed by atoms with E-state index in [1.165, 1.54) is 19.2 Å². The van der Waals surface area contributed by atoms with E-state index in [1.54, 1.807) is 35.7 Å². The molecule has 12 heteroatoms. The molecule has 0 bridgehead atoms. The number of benzene rings is 3. The zero-order valence-corrected chi connectivity index (χ0v) is 21.8. The predicted molar refractivity (Wildman–Crippen MR) is 152 cm³/mol. The van der Waals surface area contributed by atoms with Crippen LogP contribution in [0.3, 0.4) is 0 Å². The fraction of sp³-hybridized carbons (Fsp3) is 0.240. The summed E-state index contributed by atoms with van der Waals surface area (Å²) < 4.78 is 11.1. The van der Waals surface area contributed by atoms with Gasteiger partial charge in [-0.2, -0.15) is 0 Å². The molecule has 0 spiro atoms. The summed E-state index contributed by atoms with van der Waals surface area (Å²) in [6, 6.07) is 15.7. The first-order chi connectivity index (χ1) is 17.6. The molecule has 1 N–H and O–H groups in total. The molecule has 2 heterocycles. The number of non-ortho nitro benzene ring substituents is 1. The summed E-state index contributed by atoms with van der Waals surface area (Å²) in [7, 11) is 6.89. The maximum absolute atomic E-state index is 13.7. The van der Waals surface area contributed by atoms with Gasteiger partial charge in [0.15, 0.2) is 19.3 Å². The van der Waals surface area contributed by atoms with Crippen LogP contribution in [-0.4, -0.2) is 54.1 Å². The van der Waals surface area contributed by atoms with Gasteiger partial charge in [-0.3, -0.25) is 14.9 Å². The summed E-state index contributed by atoms with van der Waals surface area (Å²) in [5.41, 5.74) is 4.41. The summed E-state index contributed by atoms with van der Waals surface area (Å²) >= 11 is 6.47. The van der Waals surface area contributed by atoms with Gasteiger partial charge in [0.05, 0.1) is 35.3 Å². The SMILES string of the molecule is BC(Oc1cc2c(cc1OC)C(=O)N1c3ccccc3C[C@H]1CN2)c1cc([N+](=O)[O-])cc(C(B)(B)Cl)c1. The van der Waals surface area contributed by atoms with Gasteiger partial charge in [0.25, 0.3) is 11.6 Å². The van der Waals surface area contributed by atoms with E-state index in [1.807, 2.05) is 29.2 Å². The summed E-state index contributed by atoms with van der Waals surface area (Å²) in [5.74, 6) is 0.727. The molecule has 0 aliphatic carbocycles. The molecule has 186 valence electrons. The molecule has 8 nitrogen and oxygen atoms in total. The summed E-state index contributed by atoms with van der Waals surface area (Å²) in [6.45, 7) is 0.591. The van der Waals surface area contributed by atoms with Crippen LogP contribution in [0, 0.1) is 10.1 Å². The van der Waals surface area contributed by atoms with Gasteiger partial charge in [0.2, 0.25) is 0 Å². The zero-order valence-electron chi connectivity index (χ0n) is 21.1. The second-order valence-electron chi connectivity index (χ2n) is 9.89. The van der Waals surface area contributed by atoms with E-state index in [-0.39, 0.29) is 17.6 Å². The van der Waals surface area contributed by atoms with Crippen molar-refractivity contribution in [3.63, 3.8) is 0 Å². The molecule has 2 aliphatic rings. The van der Waals surface area contributed by atoms with Gasteiger partial charge < -0.3 is 19.7 Å². The number of carbonyl (C=O) groups excluding carboxylic acids is 1. The Labute approximate surface area is 222 Å². The van der Waals surface area contributed by atoms with Crippen molar-refractivity contribution in [1.82, 2.24) is 0 Å². The highest BCUT2D eigenvalue weighted by molar-refractivity contribution is 6.61. The van der Waals surface area contributed by atoms with E-state index >= 15 is 0 Å². The second kappa shape index (κ2) is 9.37. The van der Waals surface area contributed by atoms with Crippen LogP contribution < -0.4 is 19.7 Å². The number of hydrogen-bond acceptors (Lipinski definition) is 6. The number of hydrogen-bond donors (Lipinski definition) is 1. The number of alkyl halides is 1. The van der Waals surface area contributed by atoms with Crippen molar-refractivity contribution >= 4 is 58.1 Å². The van der Waals surface area contributed by atoms with Crippen molar-refractivity contribution in [2.45, 2.75) is 23.1 Å². The third kappa shape index (κ3) is 4.64. The number of nitro benzene ring substituents is 1. The van der Waals surface area contributed by atoms with Gasteiger partial charge in [-0.1, -0.05) is 24.3 Å². The zero-order chi connectivity index (χ0) is 26.5. The lowest BCUT2D eigenvalue weighted by Gasteiger charge is -2.23. The largest absolute Gasteiger partial charge is 0.493 e. The Morgan fingerprint density at radius 3 is 2.65 bits per heavy atom. The molecule has 37 heavy (non-hydrogen) atoms. The number of nitrogens with zero attached hydrogens (tertiary/aromatic N) is 2. The van der Waals surface area contributed by atoms with Crippen LogP contribution in [0.25, 0.3) is 0 Å². The van der Waals surface area contributed by atoms with E-state index in [0.717, 1.165) is 17.7 Å². The van der Waals surface area contributed by atoms with Crippen LogP contribution in [0.15, 0.2) is 54.6 Å². The summed E-state index contributed by atoms with van der Waals surface area (Å²) in [4.78, 5) is 26.6. The molecular formula is C25H25B3ClN3O5. The quantitative estimate of drug-likeness (QED) is 0.234. The number of rotatable bonds is 6. The molecule has 1 amide bonds. The average Bonchev–Trinajstić information content (AvgIpc) is 3.18. The van der Waals surface area contributed by atoms with E-state index < -0.39 is 15.6 Å². The van der Waals surface area contributed by atoms with Crippen molar-refractivity contribution in [2.75, 3.05) is 23.9 Å². The average molecular weight is 515 g/mol. The van der Waals surface area contributed by atoms with E-state index in [0.29, 0.717) is 40.4 Å².